The number of amides is 1. The van der Waals surface area contributed by atoms with E-state index in [1.54, 1.807) is 18.2 Å². The van der Waals surface area contributed by atoms with Gasteiger partial charge in [0, 0.05) is 24.1 Å². The molecule has 4 aromatic carbocycles. The predicted molar refractivity (Wildman–Crippen MR) is 152 cm³/mol. The van der Waals surface area contributed by atoms with Gasteiger partial charge in [-0.3, -0.25) is 4.79 Å². The SMILES string of the molecule is COc1ccc2c(c1OCC#Cc1ccc(F)cc1)C[C@@H](C(=O)O)N(C(=O)C(c1ccccc1)c1ccccc1)C2. The minimum atomic E-state index is -1.11. The first-order valence-corrected chi connectivity index (χ1v) is 13.2. The van der Waals surface area contributed by atoms with Crippen LogP contribution in [0.25, 0.3) is 0 Å². The molecule has 1 N–H and O–H groups in total. The molecule has 1 heterocycles. The smallest absolute Gasteiger partial charge is 0.326 e. The zero-order valence-corrected chi connectivity index (χ0v) is 22.4. The Morgan fingerprint density at radius 3 is 2.17 bits per heavy atom. The van der Waals surface area contributed by atoms with Crippen LogP contribution in [0.15, 0.2) is 97.1 Å². The maximum absolute atomic E-state index is 14.2. The van der Waals surface area contributed by atoms with Crippen LogP contribution in [0.4, 0.5) is 4.39 Å². The molecule has 1 aliphatic rings. The minimum absolute atomic E-state index is 0.00859. The first-order chi connectivity index (χ1) is 20.0. The van der Waals surface area contributed by atoms with Gasteiger partial charge in [0.05, 0.1) is 13.0 Å². The van der Waals surface area contributed by atoms with Crippen molar-refractivity contribution in [1.82, 2.24) is 4.90 Å². The number of carboxylic acids is 1. The minimum Gasteiger partial charge on any atom is -0.493 e. The summed E-state index contributed by atoms with van der Waals surface area (Å²) in [6.45, 7) is 0.109. The fraction of sp³-hybridized carbons (Fsp3) is 0.176. The quantitative estimate of drug-likeness (QED) is 0.311. The molecule has 1 aliphatic heterocycles. The van der Waals surface area contributed by atoms with Gasteiger partial charge >= 0.3 is 5.97 Å². The van der Waals surface area contributed by atoms with Crippen molar-refractivity contribution in [3.8, 4) is 23.3 Å². The van der Waals surface area contributed by atoms with Crippen LogP contribution in [-0.2, 0) is 22.6 Å². The van der Waals surface area contributed by atoms with Gasteiger partial charge in [-0.1, -0.05) is 78.6 Å². The van der Waals surface area contributed by atoms with Gasteiger partial charge in [-0.25, -0.2) is 9.18 Å². The molecule has 1 amide bonds. The Labute approximate surface area is 238 Å². The number of carbonyl (C=O) groups excluding carboxylic acids is 1. The number of hydrogen-bond donors (Lipinski definition) is 1. The highest BCUT2D eigenvalue weighted by Crippen LogP contribution is 2.39. The lowest BCUT2D eigenvalue weighted by atomic mass is 9.87. The van der Waals surface area contributed by atoms with E-state index in [2.05, 4.69) is 11.8 Å². The van der Waals surface area contributed by atoms with Crippen LogP contribution < -0.4 is 9.47 Å². The van der Waals surface area contributed by atoms with E-state index in [0.29, 0.717) is 22.6 Å². The van der Waals surface area contributed by atoms with Gasteiger partial charge in [-0.05, 0) is 47.0 Å². The summed E-state index contributed by atoms with van der Waals surface area (Å²) < 4.78 is 24.7. The summed E-state index contributed by atoms with van der Waals surface area (Å²) >= 11 is 0. The molecular weight excluding hydrogens is 521 g/mol. The number of nitrogens with zero attached hydrogens (tertiary/aromatic N) is 1. The standard InChI is InChI=1S/C34H28FNO5/c1-40-30-19-16-26-22-36(33(37)31(24-10-4-2-5-11-24)25-12-6-3-7-13-25)29(34(38)39)21-28(26)32(30)41-20-8-9-23-14-17-27(35)18-15-23/h2-7,10-19,29,31H,20-22H2,1H3,(H,38,39)/t29-/m0/s1. The maximum atomic E-state index is 14.2. The Balaban J connectivity index is 1.46. The number of aliphatic carboxylic acids is 1. The summed E-state index contributed by atoms with van der Waals surface area (Å²) in [7, 11) is 1.51. The second-order valence-corrected chi connectivity index (χ2v) is 9.61. The Bertz CT molecular complexity index is 1550. The number of halogens is 1. The van der Waals surface area contributed by atoms with E-state index < -0.39 is 17.9 Å². The second kappa shape index (κ2) is 12.4. The fourth-order valence-electron chi connectivity index (χ4n) is 5.10. The molecule has 0 aliphatic carbocycles. The second-order valence-electron chi connectivity index (χ2n) is 9.61. The van der Waals surface area contributed by atoms with Crippen LogP contribution in [-0.4, -0.2) is 41.6 Å². The molecular formula is C34H28FNO5. The molecule has 0 saturated carbocycles. The highest BCUT2D eigenvalue weighted by Gasteiger charge is 2.40. The third kappa shape index (κ3) is 6.07. The average Bonchev–Trinajstić information content (AvgIpc) is 3.00. The van der Waals surface area contributed by atoms with Crippen LogP contribution in [0.3, 0.4) is 0 Å². The molecule has 0 radical (unpaired) electrons. The number of carbonyl (C=O) groups is 2. The van der Waals surface area contributed by atoms with Crippen LogP contribution in [0, 0.1) is 17.7 Å². The first-order valence-electron chi connectivity index (χ1n) is 13.2. The van der Waals surface area contributed by atoms with E-state index in [1.807, 2.05) is 66.7 Å². The van der Waals surface area contributed by atoms with E-state index in [0.717, 1.165) is 16.7 Å². The molecule has 0 bridgehead atoms. The van der Waals surface area contributed by atoms with Crippen LogP contribution in [0.2, 0.25) is 0 Å². The normalized spacial score (nSPS) is 14.0. The van der Waals surface area contributed by atoms with Gasteiger partial charge in [-0.2, -0.15) is 0 Å². The maximum Gasteiger partial charge on any atom is 0.326 e. The van der Waals surface area contributed by atoms with Gasteiger partial charge < -0.3 is 19.5 Å². The molecule has 0 spiro atoms. The van der Waals surface area contributed by atoms with Crippen molar-refractivity contribution >= 4 is 11.9 Å². The van der Waals surface area contributed by atoms with Crippen molar-refractivity contribution in [2.24, 2.45) is 0 Å². The first kappa shape index (κ1) is 27.5. The van der Waals surface area contributed by atoms with Gasteiger partial charge in [-0.15, -0.1) is 0 Å². The van der Waals surface area contributed by atoms with E-state index in [-0.39, 0.29) is 31.3 Å². The summed E-state index contributed by atoms with van der Waals surface area (Å²) in [5.74, 6) is 4.29. The largest absolute Gasteiger partial charge is 0.493 e. The average molecular weight is 550 g/mol. The third-order valence-electron chi connectivity index (χ3n) is 7.10. The Kier molecular flexibility index (Phi) is 8.31. The molecule has 7 heteroatoms. The lowest BCUT2D eigenvalue weighted by molar-refractivity contribution is -0.151. The predicted octanol–water partition coefficient (Wildman–Crippen LogP) is 5.43. The topological polar surface area (TPSA) is 76.1 Å². The van der Waals surface area contributed by atoms with E-state index in [4.69, 9.17) is 9.47 Å². The van der Waals surface area contributed by atoms with Crippen LogP contribution in [0.5, 0.6) is 11.5 Å². The van der Waals surface area contributed by atoms with Crippen molar-refractivity contribution < 1.29 is 28.6 Å². The Morgan fingerprint density at radius 1 is 0.951 bits per heavy atom. The number of benzene rings is 4. The molecule has 0 fully saturated rings. The summed E-state index contributed by atoms with van der Waals surface area (Å²) in [5, 5.41) is 10.3. The molecule has 206 valence electrons. The summed E-state index contributed by atoms with van der Waals surface area (Å²) in [6, 6.07) is 27.1. The van der Waals surface area contributed by atoms with E-state index in [1.165, 1.54) is 24.1 Å². The lowest BCUT2D eigenvalue weighted by Gasteiger charge is -2.37. The van der Waals surface area contributed by atoms with Gasteiger partial charge in [0.15, 0.2) is 11.5 Å². The Hall–Kier alpha value is -5.09. The van der Waals surface area contributed by atoms with Crippen molar-refractivity contribution in [2.45, 2.75) is 24.9 Å². The van der Waals surface area contributed by atoms with Crippen molar-refractivity contribution in [3.05, 3.63) is 131 Å². The molecule has 0 saturated heterocycles. The number of methoxy groups -OCH3 is 1. The third-order valence-corrected chi connectivity index (χ3v) is 7.10. The number of carboxylic acid groups (broad SMARTS) is 1. The molecule has 5 rings (SSSR count). The number of ether oxygens (including phenoxy) is 2. The van der Waals surface area contributed by atoms with Gasteiger partial charge in [0.1, 0.15) is 18.5 Å². The van der Waals surface area contributed by atoms with Crippen molar-refractivity contribution in [1.29, 1.82) is 0 Å². The molecule has 0 unspecified atom stereocenters. The fourth-order valence-corrected chi connectivity index (χ4v) is 5.10. The van der Waals surface area contributed by atoms with Crippen LogP contribution in [0.1, 0.15) is 33.7 Å². The summed E-state index contributed by atoms with van der Waals surface area (Å²) in [4.78, 5) is 28.2. The van der Waals surface area contributed by atoms with E-state index >= 15 is 0 Å². The molecule has 1 atom stereocenters. The zero-order valence-electron chi connectivity index (χ0n) is 22.4. The lowest BCUT2D eigenvalue weighted by Crippen LogP contribution is -2.50. The zero-order chi connectivity index (χ0) is 28.8. The van der Waals surface area contributed by atoms with Crippen molar-refractivity contribution in [2.75, 3.05) is 13.7 Å². The van der Waals surface area contributed by atoms with Gasteiger partial charge in [0.2, 0.25) is 5.91 Å². The monoisotopic (exact) mass is 549 g/mol. The number of rotatable bonds is 7. The molecule has 6 nitrogen and oxygen atoms in total. The number of fused-ring (bicyclic) bond motifs is 1. The molecule has 0 aromatic heterocycles. The Morgan fingerprint density at radius 2 is 1.59 bits per heavy atom. The van der Waals surface area contributed by atoms with Crippen LogP contribution >= 0.6 is 0 Å². The van der Waals surface area contributed by atoms with E-state index in [9.17, 15) is 19.1 Å². The molecule has 41 heavy (non-hydrogen) atoms. The number of hydrogen-bond acceptors (Lipinski definition) is 4. The van der Waals surface area contributed by atoms with Crippen molar-refractivity contribution in [3.63, 3.8) is 0 Å². The highest BCUT2D eigenvalue weighted by atomic mass is 19.1. The molecule has 4 aromatic rings. The van der Waals surface area contributed by atoms with Gasteiger partial charge in [0.25, 0.3) is 0 Å². The summed E-state index contributed by atoms with van der Waals surface area (Å²) in [6.07, 6.45) is 0.0463. The highest BCUT2D eigenvalue weighted by molar-refractivity contribution is 5.91. The summed E-state index contributed by atoms with van der Waals surface area (Å²) in [5.41, 5.74) is 3.66.